The van der Waals surface area contributed by atoms with E-state index in [0.29, 0.717) is 18.3 Å². The molecule has 0 atom stereocenters. The Labute approximate surface area is 148 Å². The second-order valence-electron chi connectivity index (χ2n) is 4.53. The maximum Gasteiger partial charge on any atom is 0.435 e. The summed E-state index contributed by atoms with van der Waals surface area (Å²) in [6.45, 7) is 0.340. The molecule has 10 heteroatoms. The minimum Gasteiger partial charge on any atom is -0.467 e. The number of aryl methyl sites for hydroxylation is 1. The van der Waals surface area contributed by atoms with Crippen LogP contribution >= 0.6 is 24.0 Å². The number of guanidine groups is 1. The van der Waals surface area contributed by atoms with E-state index in [1.54, 1.807) is 18.4 Å². The number of furan rings is 1. The van der Waals surface area contributed by atoms with E-state index in [1.807, 2.05) is 0 Å². The molecule has 23 heavy (non-hydrogen) atoms. The number of nitrogens with one attached hydrogen (secondary N) is 2. The zero-order valence-corrected chi connectivity index (χ0v) is 14.8. The van der Waals surface area contributed by atoms with Crippen LogP contribution in [0.4, 0.5) is 13.2 Å². The fourth-order valence-corrected chi connectivity index (χ4v) is 1.89. The average Bonchev–Trinajstić information content (AvgIpc) is 3.07. The van der Waals surface area contributed by atoms with Crippen LogP contribution < -0.4 is 10.6 Å². The summed E-state index contributed by atoms with van der Waals surface area (Å²) in [7, 11) is 2.98. The number of rotatable bonds is 4. The first-order chi connectivity index (χ1) is 10.4. The van der Waals surface area contributed by atoms with Crippen LogP contribution in [0.15, 0.2) is 34.0 Å². The van der Waals surface area contributed by atoms with Crippen LogP contribution in [-0.4, -0.2) is 22.8 Å². The van der Waals surface area contributed by atoms with Gasteiger partial charge >= 0.3 is 6.18 Å². The molecule has 0 aliphatic rings. The van der Waals surface area contributed by atoms with Gasteiger partial charge in [-0.1, -0.05) is 0 Å². The number of alkyl halides is 3. The molecule has 0 spiro atoms. The van der Waals surface area contributed by atoms with Crippen molar-refractivity contribution in [2.24, 2.45) is 12.0 Å². The second kappa shape index (κ2) is 8.22. The lowest BCUT2D eigenvalue weighted by molar-refractivity contribution is -0.142. The molecule has 0 unspecified atom stereocenters. The third-order valence-electron chi connectivity index (χ3n) is 2.85. The van der Waals surface area contributed by atoms with Gasteiger partial charge in [0, 0.05) is 32.4 Å². The quantitative estimate of drug-likeness (QED) is 0.433. The zero-order chi connectivity index (χ0) is 16.2. The molecule has 0 radical (unpaired) electrons. The molecule has 0 aliphatic heterocycles. The first kappa shape index (κ1) is 19.3. The molecule has 0 bridgehead atoms. The molecular weight excluding hydrogens is 426 g/mol. The molecule has 6 nitrogen and oxygen atoms in total. The third-order valence-corrected chi connectivity index (χ3v) is 2.85. The standard InChI is InChI=1S/C13H16F3N5O.HI/c1-17-12(19-7-10-4-3-5-22-10)18-6-9-8-21(2)20-11(9)13(14,15)16;/h3-5,8H,6-7H2,1-2H3,(H2,17,18,19);1H. The van der Waals surface area contributed by atoms with Crippen molar-refractivity contribution in [1.82, 2.24) is 20.4 Å². The van der Waals surface area contributed by atoms with Gasteiger partial charge in [-0.2, -0.15) is 18.3 Å². The normalized spacial score (nSPS) is 12.0. The van der Waals surface area contributed by atoms with Crippen LogP contribution in [0.25, 0.3) is 0 Å². The van der Waals surface area contributed by atoms with E-state index in [9.17, 15) is 13.2 Å². The van der Waals surface area contributed by atoms with Gasteiger partial charge in [0.05, 0.1) is 12.8 Å². The van der Waals surface area contributed by atoms with E-state index in [-0.39, 0.29) is 36.1 Å². The maximum atomic E-state index is 12.8. The molecule has 0 fully saturated rings. The van der Waals surface area contributed by atoms with E-state index in [4.69, 9.17) is 4.42 Å². The topological polar surface area (TPSA) is 67.4 Å². The van der Waals surface area contributed by atoms with Gasteiger partial charge in [0.1, 0.15) is 5.76 Å². The first-order valence-electron chi connectivity index (χ1n) is 6.46. The monoisotopic (exact) mass is 443 g/mol. The molecule has 2 N–H and O–H groups in total. The van der Waals surface area contributed by atoms with Crippen LogP contribution in [0.5, 0.6) is 0 Å². The lowest BCUT2D eigenvalue weighted by Gasteiger charge is -2.11. The molecule has 128 valence electrons. The van der Waals surface area contributed by atoms with Crippen molar-refractivity contribution < 1.29 is 17.6 Å². The third kappa shape index (κ3) is 5.44. The van der Waals surface area contributed by atoms with Gasteiger partial charge in [0.15, 0.2) is 11.7 Å². The number of hydrogen-bond acceptors (Lipinski definition) is 3. The van der Waals surface area contributed by atoms with Crippen molar-refractivity contribution in [1.29, 1.82) is 0 Å². The van der Waals surface area contributed by atoms with Gasteiger partial charge in [0.2, 0.25) is 0 Å². The summed E-state index contributed by atoms with van der Waals surface area (Å²) in [6.07, 6.45) is -1.61. The summed E-state index contributed by atoms with van der Waals surface area (Å²) < 4.78 is 44.8. The maximum absolute atomic E-state index is 12.8. The van der Waals surface area contributed by atoms with Gasteiger partial charge in [-0.25, -0.2) is 0 Å². The van der Waals surface area contributed by atoms with Crippen LogP contribution in [0.2, 0.25) is 0 Å². The number of aliphatic imine (C=N–C) groups is 1. The highest BCUT2D eigenvalue weighted by Gasteiger charge is 2.36. The minimum absolute atomic E-state index is 0. The minimum atomic E-state index is -4.48. The molecule has 0 aliphatic carbocycles. The van der Waals surface area contributed by atoms with E-state index in [2.05, 4.69) is 20.7 Å². The molecule has 0 aromatic carbocycles. The van der Waals surface area contributed by atoms with E-state index in [0.717, 1.165) is 4.68 Å². The van der Waals surface area contributed by atoms with Gasteiger partial charge in [-0.3, -0.25) is 9.67 Å². The summed E-state index contributed by atoms with van der Waals surface area (Å²) in [5, 5.41) is 9.21. The van der Waals surface area contributed by atoms with Crippen molar-refractivity contribution in [3.8, 4) is 0 Å². The SMILES string of the molecule is CN=C(NCc1ccco1)NCc1cn(C)nc1C(F)(F)F.I. The Balaban J connectivity index is 0.00000264. The molecule has 2 aromatic heterocycles. The number of aromatic nitrogens is 2. The van der Waals surface area contributed by atoms with Crippen LogP contribution in [0.1, 0.15) is 17.0 Å². The number of hydrogen-bond donors (Lipinski definition) is 2. The summed E-state index contributed by atoms with van der Waals surface area (Å²) >= 11 is 0. The van der Waals surface area contributed by atoms with Crippen LogP contribution in [0, 0.1) is 0 Å². The molecule has 2 heterocycles. The Morgan fingerprint density at radius 2 is 2.04 bits per heavy atom. The largest absolute Gasteiger partial charge is 0.467 e. The molecule has 2 rings (SSSR count). The average molecular weight is 443 g/mol. The highest BCUT2D eigenvalue weighted by Crippen LogP contribution is 2.30. The summed E-state index contributed by atoms with van der Waals surface area (Å²) in [6, 6.07) is 3.53. The molecule has 0 saturated carbocycles. The molecule has 2 aromatic rings. The van der Waals surface area contributed by atoms with Crippen molar-refractivity contribution >= 4 is 29.9 Å². The number of halogens is 4. The van der Waals surface area contributed by atoms with Crippen molar-refractivity contribution in [2.45, 2.75) is 19.3 Å². The Hall–Kier alpha value is -1.72. The molecular formula is C13H17F3IN5O. The van der Waals surface area contributed by atoms with Crippen LogP contribution in [0.3, 0.4) is 0 Å². The van der Waals surface area contributed by atoms with Gasteiger partial charge in [0.25, 0.3) is 0 Å². The second-order valence-corrected chi connectivity index (χ2v) is 4.53. The summed E-state index contributed by atoms with van der Waals surface area (Å²) in [4.78, 5) is 3.95. The summed E-state index contributed by atoms with van der Waals surface area (Å²) in [5.74, 6) is 1.06. The van der Waals surface area contributed by atoms with Crippen molar-refractivity contribution in [3.63, 3.8) is 0 Å². The lowest BCUT2D eigenvalue weighted by Crippen LogP contribution is -2.36. The van der Waals surface area contributed by atoms with Crippen molar-refractivity contribution in [2.75, 3.05) is 7.05 Å². The Morgan fingerprint density at radius 3 is 2.61 bits per heavy atom. The highest BCUT2D eigenvalue weighted by molar-refractivity contribution is 14.0. The van der Waals surface area contributed by atoms with Crippen molar-refractivity contribution in [3.05, 3.63) is 41.6 Å². The fraction of sp³-hybridized carbons (Fsp3) is 0.385. The Kier molecular flexibility index (Phi) is 6.91. The Morgan fingerprint density at radius 1 is 1.35 bits per heavy atom. The van der Waals surface area contributed by atoms with E-state index in [1.165, 1.54) is 20.3 Å². The predicted octanol–water partition coefficient (Wildman–Crippen LogP) is 2.52. The lowest BCUT2D eigenvalue weighted by atomic mass is 10.2. The fourth-order valence-electron chi connectivity index (χ4n) is 1.89. The highest BCUT2D eigenvalue weighted by atomic mass is 127. The smallest absolute Gasteiger partial charge is 0.435 e. The first-order valence-corrected chi connectivity index (χ1v) is 6.46. The number of nitrogens with zero attached hydrogens (tertiary/aromatic N) is 3. The predicted molar refractivity (Wildman–Crippen MR) is 89.4 cm³/mol. The molecule has 0 saturated heterocycles. The van der Waals surface area contributed by atoms with Gasteiger partial charge in [-0.15, -0.1) is 24.0 Å². The van der Waals surface area contributed by atoms with Crippen LogP contribution in [-0.2, 0) is 26.3 Å². The zero-order valence-electron chi connectivity index (χ0n) is 12.5. The van der Waals surface area contributed by atoms with Gasteiger partial charge in [-0.05, 0) is 12.1 Å². The van der Waals surface area contributed by atoms with E-state index >= 15 is 0 Å². The van der Waals surface area contributed by atoms with E-state index < -0.39 is 11.9 Å². The summed E-state index contributed by atoms with van der Waals surface area (Å²) in [5.41, 5.74) is -0.847. The Bertz CT molecular complexity index is 637. The molecule has 0 amide bonds. The van der Waals surface area contributed by atoms with Gasteiger partial charge < -0.3 is 15.1 Å².